The zero-order valence-electron chi connectivity index (χ0n) is 7.80. The Hall–Kier alpha value is -1.44. The first-order chi connectivity index (χ1) is 6.68. The van der Waals surface area contributed by atoms with Crippen LogP contribution in [0.15, 0.2) is 36.4 Å². The Morgan fingerprint density at radius 3 is 2.14 bits per heavy atom. The van der Waals surface area contributed by atoms with E-state index < -0.39 is 6.43 Å². The van der Waals surface area contributed by atoms with E-state index in [1.807, 2.05) is 24.3 Å². The molecule has 0 unspecified atom stereocenters. The number of halogens is 2. The molecule has 2 aromatic rings. The van der Waals surface area contributed by atoms with E-state index in [1.165, 1.54) is 0 Å². The zero-order valence-corrected chi connectivity index (χ0v) is 7.80. The maximum atomic E-state index is 12.6. The molecule has 2 heteroatoms. The van der Waals surface area contributed by atoms with Gasteiger partial charge >= 0.3 is 0 Å². The molecule has 0 radical (unpaired) electrons. The van der Waals surface area contributed by atoms with Gasteiger partial charge in [0.05, 0.1) is 0 Å². The van der Waals surface area contributed by atoms with Gasteiger partial charge in [0.15, 0.2) is 0 Å². The molecule has 0 nitrogen and oxygen atoms in total. The lowest BCUT2D eigenvalue weighted by atomic mass is 10.0. The molecule has 0 amide bonds. The molecule has 2 aromatic carbocycles. The highest BCUT2D eigenvalue weighted by Gasteiger charge is 2.10. The minimum absolute atomic E-state index is 0.128. The number of fused-ring (bicyclic) bond motifs is 1. The lowest BCUT2D eigenvalue weighted by molar-refractivity contribution is 0.151. The van der Waals surface area contributed by atoms with Gasteiger partial charge in [-0.15, -0.1) is 0 Å². The molecule has 0 aromatic heterocycles. The van der Waals surface area contributed by atoms with Gasteiger partial charge in [-0.2, -0.15) is 0 Å². The monoisotopic (exact) mass is 192 g/mol. The Labute approximate surface area is 81.2 Å². The normalized spacial score (nSPS) is 11.1. The summed E-state index contributed by atoms with van der Waals surface area (Å²) in [6, 6.07) is 10.9. The van der Waals surface area contributed by atoms with E-state index in [0.29, 0.717) is 5.56 Å². The summed E-state index contributed by atoms with van der Waals surface area (Å²) < 4.78 is 25.1. The second kappa shape index (κ2) is 3.37. The highest BCUT2D eigenvalue weighted by Crippen LogP contribution is 2.27. The van der Waals surface area contributed by atoms with Crippen molar-refractivity contribution in [1.29, 1.82) is 0 Å². The van der Waals surface area contributed by atoms with Crippen molar-refractivity contribution in [2.45, 2.75) is 13.3 Å². The standard InChI is InChI=1S/C12H10F2/c1-8-6-9-4-2-3-5-10(9)7-11(8)12(13)14/h2-7,12H,1H3. The van der Waals surface area contributed by atoms with Gasteiger partial charge in [0, 0.05) is 5.56 Å². The molecule has 2 rings (SSSR count). The SMILES string of the molecule is Cc1cc2ccccc2cc1C(F)F. The summed E-state index contributed by atoms with van der Waals surface area (Å²) in [5.74, 6) is 0. The van der Waals surface area contributed by atoms with Crippen LogP contribution in [-0.2, 0) is 0 Å². The minimum Gasteiger partial charge on any atom is -0.205 e. The van der Waals surface area contributed by atoms with Crippen molar-refractivity contribution < 1.29 is 8.78 Å². The number of rotatable bonds is 1. The van der Waals surface area contributed by atoms with Gasteiger partial charge in [-0.25, -0.2) is 8.78 Å². The molecule has 0 spiro atoms. The van der Waals surface area contributed by atoms with Crippen molar-refractivity contribution in [3.05, 3.63) is 47.5 Å². The van der Waals surface area contributed by atoms with E-state index in [-0.39, 0.29) is 5.56 Å². The summed E-state index contributed by atoms with van der Waals surface area (Å²) in [6.07, 6.45) is -2.39. The first kappa shape index (κ1) is 9.13. The van der Waals surface area contributed by atoms with Crippen molar-refractivity contribution in [2.24, 2.45) is 0 Å². The fourth-order valence-corrected chi connectivity index (χ4v) is 1.61. The van der Waals surface area contributed by atoms with Gasteiger partial charge in [0.2, 0.25) is 0 Å². The predicted molar refractivity (Wildman–Crippen MR) is 53.6 cm³/mol. The molecule has 0 atom stereocenters. The summed E-state index contributed by atoms with van der Waals surface area (Å²) in [5.41, 5.74) is 0.780. The van der Waals surface area contributed by atoms with Gasteiger partial charge < -0.3 is 0 Å². The average molecular weight is 192 g/mol. The Bertz CT molecular complexity index is 461. The Morgan fingerprint density at radius 1 is 1.00 bits per heavy atom. The van der Waals surface area contributed by atoms with Crippen LogP contribution in [-0.4, -0.2) is 0 Å². The van der Waals surface area contributed by atoms with Crippen LogP contribution in [0.4, 0.5) is 8.78 Å². The van der Waals surface area contributed by atoms with E-state index >= 15 is 0 Å². The maximum Gasteiger partial charge on any atom is 0.264 e. The van der Waals surface area contributed by atoms with E-state index in [1.54, 1.807) is 19.1 Å². The maximum absolute atomic E-state index is 12.6. The Kier molecular flexibility index (Phi) is 2.20. The van der Waals surface area contributed by atoms with Crippen molar-refractivity contribution in [3.63, 3.8) is 0 Å². The van der Waals surface area contributed by atoms with Crippen LogP contribution >= 0.6 is 0 Å². The highest BCUT2D eigenvalue weighted by atomic mass is 19.3. The van der Waals surface area contributed by atoms with Gasteiger partial charge in [0.25, 0.3) is 6.43 Å². The van der Waals surface area contributed by atoms with E-state index in [0.717, 1.165) is 10.8 Å². The van der Waals surface area contributed by atoms with E-state index in [9.17, 15) is 8.78 Å². The lowest BCUT2D eigenvalue weighted by Crippen LogP contribution is -1.89. The molecule has 14 heavy (non-hydrogen) atoms. The molecule has 0 fully saturated rings. The first-order valence-electron chi connectivity index (χ1n) is 4.46. The second-order valence-electron chi connectivity index (χ2n) is 3.36. The number of hydrogen-bond acceptors (Lipinski definition) is 0. The van der Waals surface area contributed by atoms with E-state index in [2.05, 4.69) is 0 Å². The molecule has 0 aliphatic heterocycles. The van der Waals surface area contributed by atoms with Gasteiger partial charge in [-0.05, 0) is 29.3 Å². The number of aryl methyl sites for hydroxylation is 1. The molecule has 0 aliphatic rings. The molecule has 0 saturated carbocycles. The average Bonchev–Trinajstić information content (AvgIpc) is 2.16. The largest absolute Gasteiger partial charge is 0.264 e. The fraction of sp³-hybridized carbons (Fsp3) is 0.167. The van der Waals surface area contributed by atoms with Crippen molar-refractivity contribution in [1.82, 2.24) is 0 Å². The molecular weight excluding hydrogens is 182 g/mol. The summed E-state index contributed by atoms with van der Waals surface area (Å²) in [5, 5.41) is 1.88. The van der Waals surface area contributed by atoms with Crippen LogP contribution < -0.4 is 0 Å². The topological polar surface area (TPSA) is 0 Å². The lowest BCUT2D eigenvalue weighted by Gasteiger charge is -2.06. The molecule has 0 N–H and O–H groups in total. The highest BCUT2D eigenvalue weighted by molar-refractivity contribution is 5.84. The quantitative estimate of drug-likeness (QED) is 0.638. The summed E-state index contributed by atoms with van der Waals surface area (Å²) in [7, 11) is 0. The van der Waals surface area contributed by atoms with Crippen LogP contribution in [0.5, 0.6) is 0 Å². The first-order valence-corrected chi connectivity index (χ1v) is 4.46. The number of benzene rings is 2. The molecule has 0 aliphatic carbocycles. The molecular formula is C12H10F2. The smallest absolute Gasteiger partial charge is 0.205 e. The van der Waals surface area contributed by atoms with Gasteiger partial charge in [-0.1, -0.05) is 30.3 Å². The minimum atomic E-state index is -2.39. The van der Waals surface area contributed by atoms with Crippen molar-refractivity contribution >= 4 is 10.8 Å². The van der Waals surface area contributed by atoms with Crippen LogP contribution in [0, 0.1) is 6.92 Å². The Morgan fingerprint density at radius 2 is 1.57 bits per heavy atom. The fourth-order valence-electron chi connectivity index (χ4n) is 1.61. The van der Waals surface area contributed by atoms with Crippen LogP contribution in [0.2, 0.25) is 0 Å². The Balaban J connectivity index is 2.71. The van der Waals surface area contributed by atoms with E-state index in [4.69, 9.17) is 0 Å². The molecule has 0 saturated heterocycles. The van der Waals surface area contributed by atoms with Crippen LogP contribution in [0.1, 0.15) is 17.6 Å². The van der Waals surface area contributed by atoms with Crippen molar-refractivity contribution in [3.8, 4) is 0 Å². The summed E-state index contributed by atoms with van der Waals surface area (Å²) in [6.45, 7) is 1.72. The molecule has 0 heterocycles. The van der Waals surface area contributed by atoms with Crippen LogP contribution in [0.25, 0.3) is 10.8 Å². The van der Waals surface area contributed by atoms with Gasteiger partial charge in [0.1, 0.15) is 0 Å². The van der Waals surface area contributed by atoms with Gasteiger partial charge in [-0.3, -0.25) is 0 Å². The third-order valence-electron chi connectivity index (χ3n) is 2.37. The summed E-state index contributed by atoms with van der Waals surface area (Å²) in [4.78, 5) is 0. The zero-order chi connectivity index (χ0) is 10.1. The predicted octanol–water partition coefficient (Wildman–Crippen LogP) is 4.09. The third-order valence-corrected chi connectivity index (χ3v) is 2.37. The van der Waals surface area contributed by atoms with Crippen LogP contribution in [0.3, 0.4) is 0 Å². The second-order valence-corrected chi connectivity index (χ2v) is 3.36. The summed E-state index contributed by atoms with van der Waals surface area (Å²) >= 11 is 0. The number of alkyl halides is 2. The molecule has 0 bridgehead atoms. The number of hydrogen-bond donors (Lipinski definition) is 0. The van der Waals surface area contributed by atoms with Crippen molar-refractivity contribution in [2.75, 3.05) is 0 Å². The third kappa shape index (κ3) is 1.48. The molecule has 72 valence electrons.